The van der Waals surface area contributed by atoms with Crippen molar-refractivity contribution < 1.29 is 12.8 Å². The first-order valence-electron chi connectivity index (χ1n) is 5.33. The Balaban J connectivity index is 2.44. The number of nitrogens with two attached hydrogens (primary N) is 1. The number of nitrogens with one attached hydrogen (secondary N) is 1. The maximum Gasteiger partial charge on any atom is 0.264 e. The van der Waals surface area contributed by atoms with Crippen molar-refractivity contribution in [1.82, 2.24) is 0 Å². The van der Waals surface area contributed by atoms with E-state index in [0.717, 1.165) is 6.07 Å². The number of para-hydroxylation sites is 1. The molecule has 0 amide bonds. The maximum atomic E-state index is 13.3. The van der Waals surface area contributed by atoms with E-state index in [-0.39, 0.29) is 15.6 Å². The summed E-state index contributed by atoms with van der Waals surface area (Å²) in [5.41, 5.74) is 5.19. The molecule has 0 unspecified atom stereocenters. The van der Waals surface area contributed by atoms with Gasteiger partial charge < -0.3 is 5.73 Å². The van der Waals surface area contributed by atoms with E-state index < -0.39 is 21.5 Å². The lowest BCUT2D eigenvalue weighted by Gasteiger charge is -2.11. The number of hydrogen-bond acceptors (Lipinski definition) is 3. The van der Waals surface area contributed by atoms with Crippen LogP contribution in [-0.4, -0.2) is 8.42 Å². The van der Waals surface area contributed by atoms with Crippen LogP contribution >= 0.6 is 27.5 Å². The third kappa shape index (κ3) is 3.05. The molecule has 2 rings (SSSR count). The minimum Gasteiger partial charge on any atom is -0.395 e. The van der Waals surface area contributed by atoms with Crippen molar-refractivity contribution in [2.24, 2.45) is 0 Å². The summed E-state index contributed by atoms with van der Waals surface area (Å²) < 4.78 is 40.7. The Kier molecular flexibility index (Phi) is 4.22. The lowest BCUT2D eigenvalue weighted by Crippen LogP contribution is -2.15. The van der Waals surface area contributed by atoms with Crippen LogP contribution in [0.1, 0.15) is 0 Å². The Labute approximate surface area is 128 Å². The molecule has 0 aliphatic rings. The predicted molar refractivity (Wildman–Crippen MR) is 80.8 cm³/mol. The monoisotopic (exact) mass is 378 g/mol. The molecule has 0 saturated carbocycles. The Hall–Kier alpha value is -1.31. The van der Waals surface area contributed by atoms with E-state index in [1.165, 1.54) is 24.3 Å². The van der Waals surface area contributed by atoms with E-state index >= 15 is 0 Å². The summed E-state index contributed by atoms with van der Waals surface area (Å²) in [6.45, 7) is 0. The van der Waals surface area contributed by atoms with Crippen LogP contribution in [0.25, 0.3) is 0 Å². The quantitative estimate of drug-likeness (QED) is 0.800. The molecule has 8 heteroatoms. The van der Waals surface area contributed by atoms with Crippen LogP contribution in [0, 0.1) is 5.82 Å². The number of hydrogen-bond donors (Lipinski definition) is 2. The van der Waals surface area contributed by atoms with Gasteiger partial charge in [0.05, 0.1) is 16.4 Å². The van der Waals surface area contributed by atoms with Gasteiger partial charge in [0, 0.05) is 4.47 Å². The van der Waals surface area contributed by atoms with Gasteiger partial charge in [-0.15, -0.1) is 0 Å². The fraction of sp³-hybridized carbons (Fsp3) is 0. The van der Waals surface area contributed by atoms with Crippen LogP contribution < -0.4 is 10.5 Å². The third-order valence-electron chi connectivity index (χ3n) is 2.48. The van der Waals surface area contributed by atoms with Gasteiger partial charge in [0.2, 0.25) is 0 Å². The topological polar surface area (TPSA) is 72.2 Å². The highest BCUT2D eigenvalue weighted by Gasteiger charge is 2.20. The molecule has 106 valence electrons. The zero-order valence-electron chi connectivity index (χ0n) is 9.90. The Morgan fingerprint density at radius 3 is 2.60 bits per heavy atom. The summed E-state index contributed by atoms with van der Waals surface area (Å²) in [5, 5.41) is 0.206. The second-order valence-corrected chi connectivity index (χ2v) is 6.86. The van der Waals surface area contributed by atoms with Crippen LogP contribution in [0.4, 0.5) is 15.8 Å². The van der Waals surface area contributed by atoms with E-state index in [1.54, 1.807) is 6.07 Å². The molecular formula is C12H9BrClFN2O2S. The molecule has 0 saturated heterocycles. The fourth-order valence-corrected chi connectivity index (χ4v) is 3.52. The van der Waals surface area contributed by atoms with E-state index in [9.17, 15) is 12.8 Å². The highest BCUT2D eigenvalue weighted by molar-refractivity contribution is 9.10. The Morgan fingerprint density at radius 2 is 1.95 bits per heavy atom. The molecule has 0 aromatic heterocycles. The molecule has 2 aromatic carbocycles. The summed E-state index contributed by atoms with van der Waals surface area (Å²) in [5.74, 6) is -0.797. The Bertz CT molecular complexity index is 768. The molecule has 0 radical (unpaired) electrons. The van der Waals surface area contributed by atoms with E-state index in [4.69, 9.17) is 17.3 Å². The maximum absolute atomic E-state index is 13.3. The van der Waals surface area contributed by atoms with Gasteiger partial charge in [0.25, 0.3) is 10.0 Å². The fourth-order valence-electron chi connectivity index (χ4n) is 1.52. The first-order chi connectivity index (χ1) is 9.31. The summed E-state index contributed by atoms with van der Waals surface area (Å²) in [4.78, 5) is -0.337. The zero-order valence-corrected chi connectivity index (χ0v) is 13.1. The van der Waals surface area contributed by atoms with Gasteiger partial charge in [-0.2, -0.15) is 0 Å². The molecule has 4 nitrogen and oxygen atoms in total. The molecule has 20 heavy (non-hydrogen) atoms. The minimum absolute atomic E-state index is 0.179. The summed E-state index contributed by atoms with van der Waals surface area (Å²) in [6.07, 6.45) is 0. The van der Waals surface area contributed by atoms with Crippen molar-refractivity contribution in [3.63, 3.8) is 0 Å². The van der Waals surface area contributed by atoms with Gasteiger partial charge >= 0.3 is 0 Å². The first kappa shape index (κ1) is 15.1. The van der Waals surface area contributed by atoms with Crippen molar-refractivity contribution in [1.29, 1.82) is 0 Å². The summed E-state index contributed by atoms with van der Waals surface area (Å²) >= 11 is 9.14. The minimum atomic E-state index is -4.02. The molecule has 0 atom stereocenters. The van der Waals surface area contributed by atoms with Crippen molar-refractivity contribution >= 4 is 48.9 Å². The van der Waals surface area contributed by atoms with Gasteiger partial charge in [-0.1, -0.05) is 33.6 Å². The second-order valence-electron chi connectivity index (χ2n) is 3.88. The smallest absolute Gasteiger partial charge is 0.264 e. The van der Waals surface area contributed by atoms with E-state index in [0.29, 0.717) is 4.47 Å². The summed E-state index contributed by atoms with van der Waals surface area (Å²) in [7, 11) is -4.02. The average molecular weight is 380 g/mol. The molecule has 2 aromatic rings. The average Bonchev–Trinajstić information content (AvgIpc) is 2.36. The Morgan fingerprint density at radius 1 is 1.25 bits per heavy atom. The van der Waals surface area contributed by atoms with Crippen molar-refractivity contribution in [3.05, 3.63) is 51.7 Å². The standard InChI is InChI=1S/C12H9BrClFN2O2S/c13-7-4-5-10(8(14)6-7)17-20(18,19)11-3-1-2-9(15)12(11)16/h1-6,17H,16H2. The highest BCUT2D eigenvalue weighted by Crippen LogP contribution is 2.29. The highest BCUT2D eigenvalue weighted by atomic mass is 79.9. The number of rotatable bonds is 3. The van der Waals surface area contributed by atoms with Gasteiger partial charge in [0.1, 0.15) is 10.7 Å². The number of anilines is 2. The number of sulfonamides is 1. The molecule has 0 bridgehead atoms. The van der Waals surface area contributed by atoms with Crippen molar-refractivity contribution in [2.45, 2.75) is 4.90 Å². The predicted octanol–water partition coefficient (Wildman–Crippen LogP) is 3.62. The first-order valence-corrected chi connectivity index (χ1v) is 7.98. The molecule has 0 spiro atoms. The zero-order chi connectivity index (χ0) is 14.9. The van der Waals surface area contributed by atoms with Gasteiger partial charge in [-0.3, -0.25) is 4.72 Å². The van der Waals surface area contributed by atoms with Gasteiger partial charge in [0.15, 0.2) is 0 Å². The van der Waals surface area contributed by atoms with Crippen LogP contribution in [0.15, 0.2) is 45.8 Å². The molecular weight excluding hydrogens is 371 g/mol. The molecule has 0 aliphatic carbocycles. The lowest BCUT2D eigenvalue weighted by molar-refractivity contribution is 0.597. The van der Waals surface area contributed by atoms with Crippen molar-refractivity contribution in [3.8, 4) is 0 Å². The van der Waals surface area contributed by atoms with Gasteiger partial charge in [-0.25, -0.2) is 12.8 Å². The molecule has 0 aliphatic heterocycles. The summed E-state index contributed by atoms with van der Waals surface area (Å²) in [6, 6.07) is 8.21. The number of benzene rings is 2. The molecule has 0 fully saturated rings. The molecule has 3 N–H and O–H groups in total. The van der Waals surface area contributed by atoms with Crippen LogP contribution in [0.3, 0.4) is 0 Å². The lowest BCUT2D eigenvalue weighted by atomic mass is 10.3. The van der Waals surface area contributed by atoms with Crippen LogP contribution in [0.5, 0.6) is 0 Å². The van der Waals surface area contributed by atoms with Crippen LogP contribution in [-0.2, 0) is 10.0 Å². The van der Waals surface area contributed by atoms with Gasteiger partial charge in [-0.05, 0) is 30.3 Å². The number of nitrogen functional groups attached to an aromatic ring is 1. The molecule has 0 heterocycles. The van der Waals surface area contributed by atoms with E-state index in [1.807, 2.05) is 0 Å². The van der Waals surface area contributed by atoms with Crippen LogP contribution in [0.2, 0.25) is 5.02 Å². The normalized spacial score (nSPS) is 11.3. The largest absolute Gasteiger partial charge is 0.395 e. The second kappa shape index (κ2) is 5.59. The van der Waals surface area contributed by atoms with Crippen molar-refractivity contribution in [2.75, 3.05) is 10.5 Å². The SMILES string of the molecule is Nc1c(F)cccc1S(=O)(=O)Nc1ccc(Br)cc1Cl. The van der Waals surface area contributed by atoms with E-state index in [2.05, 4.69) is 20.7 Å². The number of halogens is 3. The third-order valence-corrected chi connectivity index (χ3v) is 4.71.